The topological polar surface area (TPSA) is 84.6 Å². The van der Waals surface area contributed by atoms with Crippen molar-refractivity contribution in [1.29, 1.82) is 0 Å². The molecule has 4 amide bonds. The summed E-state index contributed by atoms with van der Waals surface area (Å²) in [7, 11) is 0. The normalized spacial score (nSPS) is 15.7. The van der Waals surface area contributed by atoms with E-state index in [-0.39, 0.29) is 12.1 Å². The van der Waals surface area contributed by atoms with Crippen molar-refractivity contribution in [3.63, 3.8) is 0 Å². The van der Waals surface area contributed by atoms with E-state index in [4.69, 9.17) is 27.6 Å². The summed E-state index contributed by atoms with van der Waals surface area (Å²) in [5.74, 6) is -1.01. The van der Waals surface area contributed by atoms with Crippen LogP contribution in [0.2, 0.25) is 10.0 Å². The molecule has 1 aliphatic heterocycles. The maximum atomic E-state index is 12.9. The predicted octanol–water partition coefficient (Wildman–Crippen LogP) is 4.66. The molecule has 0 unspecified atom stereocenters. The van der Waals surface area contributed by atoms with E-state index in [0.717, 1.165) is 22.0 Å². The lowest BCUT2D eigenvalue weighted by atomic mass is 10.1. The molecule has 1 N–H and O–H groups in total. The van der Waals surface area contributed by atoms with Gasteiger partial charge in [0.05, 0.1) is 22.9 Å². The molecule has 1 fully saturated rings. The van der Waals surface area contributed by atoms with Crippen LogP contribution in [0.3, 0.4) is 0 Å². The number of urea groups is 1. The monoisotopic (exact) mass is 457 g/mol. The van der Waals surface area contributed by atoms with E-state index in [9.17, 15) is 14.4 Å². The molecule has 7 nitrogen and oxygen atoms in total. The summed E-state index contributed by atoms with van der Waals surface area (Å²) in [5.41, 5.74) is 2.98. The van der Waals surface area contributed by atoms with Crippen LogP contribution in [0.15, 0.2) is 52.7 Å². The van der Waals surface area contributed by atoms with Gasteiger partial charge < -0.3 is 8.98 Å². The Kier molecular flexibility index (Phi) is 5.47. The number of aromatic nitrogens is 1. The molecule has 3 aromatic rings. The number of carbonyl (C=O) groups excluding carboxylic acids is 3. The van der Waals surface area contributed by atoms with Gasteiger partial charge in [-0.3, -0.25) is 19.8 Å². The Morgan fingerprint density at radius 2 is 1.84 bits per heavy atom. The molecule has 31 heavy (non-hydrogen) atoms. The van der Waals surface area contributed by atoms with Crippen LogP contribution in [0.1, 0.15) is 22.7 Å². The number of furan rings is 1. The van der Waals surface area contributed by atoms with Gasteiger partial charge in [-0.15, -0.1) is 0 Å². The van der Waals surface area contributed by atoms with Crippen LogP contribution in [0.4, 0.5) is 4.79 Å². The SMILES string of the molecule is Cc1cc(/C=C2\C(=O)NC(=O)N(Cc3ccco3)C2=O)c(C)n1-c1ccc(Cl)c(Cl)c1. The molecule has 1 aliphatic rings. The van der Waals surface area contributed by atoms with Gasteiger partial charge in [0.1, 0.15) is 11.3 Å². The van der Waals surface area contributed by atoms with E-state index in [1.54, 1.807) is 24.3 Å². The zero-order valence-electron chi connectivity index (χ0n) is 16.6. The predicted molar refractivity (Wildman–Crippen MR) is 116 cm³/mol. The number of benzene rings is 1. The van der Waals surface area contributed by atoms with Crippen molar-refractivity contribution in [3.05, 3.63) is 81.0 Å². The van der Waals surface area contributed by atoms with Gasteiger partial charge in [-0.05, 0) is 61.9 Å². The summed E-state index contributed by atoms with van der Waals surface area (Å²) in [5, 5.41) is 3.07. The van der Waals surface area contributed by atoms with Crippen molar-refractivity contribution < 1.29 is 18.8 Å². The quantitative estimate of drug-likeness (QED) is 0.456. The number of nitrogens with one attached hydrogen (secondary N) is 1. The summed E-state index contributed by atoms with van der Waals surface area (Å²) < 4.78 is 7.15. The van der Waals surface area contributed by atoms with Gasteiger partial charge in [-0.2, -0.15) is 0 Å². The first kappa shape index (κ1) is 21.0. The molecule has 9 heteroatoms. The molecule has 158 valence electrons. The second-order valence-electron chi connectivity index (χ2n) is 7.05. The van der Waals surface area contributed by atoms with E-state index < -0.39 is 17.8 Å². The third-order valence-corrected chi connectivity index (χ3v) is 5.75. The highest BCUT2D eigenvalue weighted by Crippen LogP contribution is 2.29. The summed E-state index contributed by atoms with van der Waals surface area (Å²) in [6.07, 6.45) is 2.93. The molecule has 0 bridgehead atoms. The number of aryl methyl sites for hydroxylation is 1. The van der Waals surface area contributed by atoms with Crippen molar-refractivity contribution >= 4 is 47.1 Å². The van der Waals surface area contributed by atoms with Gasteiger partial charge >= 0.3 is 6.03 Å². The third kappa shape index (κ3) is 3.89. The van der Waals surface area contributed by atoms with Crippen LogP contribution in [0.5, 0.6) is 0 Å². The molecule has 0 radical (unpaired) electrons. The lowest BCUT2D eigenvalue weighted by Crippen LogP contribution is -2.53. The van der Waals surface area contributed by atoms with Gasteiger partial charge in [0.2, 0.25) is 0 Å². The number of rotatable bonds is 4. The Balaban J connectivity index is 1.71. The highest BCUT2D eigenvalue weighted by atomic mass is 35.5. The van der Waals surface area contributed by atoms with E-state index in [1.807, 2.05) is 30.5 Å². The zero-order valence-corrected chi connectivity index (χ0v) is 18.1. The Labute approximate surface area is 187 Å². The average molecular weight is 458 g/mol. The number of amides is 4. The number of hydrogen-bond acceptors (Lipinski definition) is 4. The highest BCUT2D eigenvalue weighted by molar-refractivity contribution is 6.42. The number of carbonyl (C=O) groups is 3. The van der Waals surface area contributed by atoms with Crippen molar-refractivity contribution in [3.8, 4) is 5.69 Å². The fraction of sp³-hybridized carbons (Fsp3) is 0.136. The number of imide groups is 2. The molecule has 0 atom stereocenters. The molecule has 1 saturated heterocycles. The van der Waals surface area contributed by atoms with Crippen LogP contribution < -0.4 is 5.32 Å². The average Bonchev–Trinajstić information content (AvgIpc) is 3.32. The minimum absolute atomic E-state index is 0.0788. The molecule has 0 aliphatic carbocycles. The number of hydrogen-bond donors (Lipinski definition) is 1. The van der Waals surface area contributed by atoms with E-state index >= 15 is 0 Å². The fourth-order valence-corrected chi connectivity index (χ4v) is 3.80. The molecule has 4 rings (SSSR count). The molecule has 3 heterocycles. The lowest BCUT2D eigenvalue weighted by molar-refractivity contribution is -0.130. The number of nitrogens with zero attached hydrogens (tertiary/aromatic N) is 2. The van der Waals surface area contributed by atoms with Crippen LogP contribution in [-0.2, 0) is 16.1 Å². The van der Waals surface area contributed by atoms with Crippen LogP contribution >= 0.6 is 23.2 Å². The fourth-order valence-electron chi connectivity index (χ4n) is 3.51. The Morgan fingerprint density at radius 3 is 2.52 bits per heavy atom. The van der Waals surface area contributed by atoms with E-state index in [0.29, 0.717) is 21.4 Å². The van der Waals surface area contributed by atoms with Gasteiger partial charge in [-0.25, -0.2) is 4.79 Å². The summed E-state index contributed by atoms with van der Waals surface area (Å²) in [6, 6.07) is 9.62. The van der Waals surface area contributed by atoms with Crippen molar-refractivity contribution in [2.24, 2.45) is 0 Å². The van der Waals surface area contributed by atoms with Crippen LogP contribution in [0, 0.1) is 13.8 Å². The summed E-state index contributed by atoms with van der Waals surface area (Å²) >= 11 is 12.2. The van der Waals surface area contributed by atoms with Crippen LogP contribution in [-0.4, -0.2) is 27.3 Å². The molecule has 1 aromatic carbocycles. The van der Waals surface area contributed by atoms with Crippen molar-refractivity contribution in [2.45, 2.75) is 20.4 Å². The maximum Gasteiger partial charge on any atom is 0.331 e. The van der Waals surface area contributed by atoms with Crippen molar-refractivity contribution in [2.75, 3.05) is 0 Å². The van der Waals surface area contributed by atoms with Crippen molar-refractivity contribution in [1.82, 2.24) is 14.8 Å². The first-order valence-corrected chi connectivity index (χ1v) is 10.1. The first-order chi connectivity index (χ1) is 14.8. The van der Waals surface area contributed by atoms with Gasteiger partial charge in [0.15, 0.2) is 0 Å². The standard InChI is InChI=1S/C22H17Cl2N3O4/c1-12-8-14(13(2)27(12)15-5-6-18(23)19(24)10-15)9-17-20(28)25-22(30)26(21(17)29)11-16-4-3-7-31-16/h3-10H,11H2,1-2H3,(H,25,28,30)/b17-9+. The number of barbiturate groups is 1. The highest BCUT2D eigenvalue weighted by Gasteiger charge is 2.36. The first-order valence-electron chi connectivity index (χ1n) is 9.32. The summed E-state index contributed by atoms with van der Waals surface area (Å²) in [6.45, 7) is 3.68. The van der Waals surface area contributed by atoms with Gasteiger partial charge in [-0.1, -0.05) is 23.2 Å². The maximum absolute atomic E-state index is 12.9. The molecular weight excluding hydrogens is 441 g/mol. The Morgan fingerprint density at radius 1 is 1.06 bits per heavy atom. The Bertz CT molecular complexity index is 1240. The Hall–Kier alpha value is -3.29. The second kappa shape index (κ2) is 8.09. The third-order valence-electron chi connectivity index (χ3n) is 5.01. The zero-order chi connectivity index (χ0) is 22.3. The van der Waals surface area contributed by atoms with E-state index in [1.165, 1.54) is 12.3 Å². The molecular formula is C22H17Cl2N3O4. The minimum Gasteiger partial charge on any atom is -0.467 e. The summed E-state index contributed by atoms with van der Waals surface area (Å²) in [4.78, 5) is 38.5. The molecule has 0 spiro atoms. The molecule has 0 saturated carbocycles. The van der Waals surface area contributed by atoms with Gasteiger partial charge in [0, 0.05) is 17.1 Å². The second-order valence-corrected chi connectivity index (χ2v) is 7.86. The van der Waals surface area contributed by atoms with Crippen LogP contribution in [0.25, 0.3) is 11.8 Å². The molecule has 2 aromatic heterocycles. The minimum atomic E-state index is -0.787. The van der Waals surface area contributed by atoms with E-state index in [2.05, 4.69) is 5.32 Å². The van der Waals surface area contributed by atoms with Gasteiger partial charge in [0.25, 0.3) is 11.8 Å². The largest absolute Gasteiger partial charge is 0.467 e. The lowest BCUT2D eigenvalue weighted by Gasteiger charge is -2.25. The smallest absolute Gasteiger partial charge is 0.331 e. The number of halogens is 2.